The van der Waals surface area contributed by atoms with Crippen LogP contribution in [0.1, 0.15) is 18.6 Å². The highest BCUT2D eigenvalue weighted by atomic mass is 35.5. The molecule has 0 saturated carbocycles. The van der Waals surface area contributed by atoms with Gasteiger partial charge in [-0.15, -0.1) is 0 Å². The molecule has 0 aliphatic carbocycles. The van der Waals surface area contributed by atoms with Gasteiger partial charge in [0.05, 0.1) is 24.2 Å². The maximum absolute atomic E-state index is 12.3. The number of rotatable bonds is 5. The number of ether oxygens (including phenoxy) is 1. The summed E-state index contributed by atoms with van der Waals surface area (Å²) in [5.41, 5.74) is 1.46. The van der Waals surface area contributed by atoms with E-state index in [-0.39, 0.29) is 18.6 Å². The summed E-state index contributed by atoms with van der Waals surface area (Å²) in [5.74, 6) is 0.584. The van der Waals surface area contributed by atoms with E-state index in [1.165, 1.54) is 0 Å². The molecule has 6 nitrogen and oxygen atoms in total. The lowest BCUT2D eigenvalue weighted by Crippen LogP contribution is -2.44. The van der Waals surface area contributed by atoms with Crippen LogP contribution in [-0.2, 0) is 11.3 Å². The fourth-order valence-electron chi connectivity index (χ4n) is 2.93. The molecule has 1 atom stereocenters. The Morgan fingerprint density at radius 1 is 1.50 bits per heavy atom. The molecule has 0 spiro atoms. The van der Waals surface area contributed by atoms with Gasteiger partial charge in [0.25, 0.3) is 0 Å². The SMILES string of the molecule is COC[C@@H]1CCCN1C(=O)NCc1cc(-c2ccccc2Cl)no1. The first-order valence-electron chi connectivity index (χ1n) is 7.93. The van der Waals surface area contributed by atoms with Gasteiger partial charge < -0.3 is 19.5 Å². The summed E-state index contributed by atoms with van der Waals surface area (Å²) in [4.78, 5) is 14.1. The first kappa shape index (κ1) is 16.8. The molecule has 1 aliphatic heterocycles. The Kier molecular flexibility index (Phi) is 5.37. The van der Waals surface area contributed by atoms with Gasteiger partial charge in [-0.3, -0.25) is 0 Å². The average molecular weight is 350 g/mol. The predicted octanol–water partition coefficient (Wildman–Crippen LogP) is 3.32. The van der Waals surface area contributed by atoms with Crippen molar-refractivity contribution in [3.63, 3.8) is 0 Å². The second kappa shape index (κ2) is 7.68. The number of likely N-dealkylation sites (tertiary alicyclic amines) is 1. The average Bonchev–Trinajstić information content (AvgIpc) is 3.23. The third kappa shape index (κ3) is 3.71. The van der Waals surface area contributed by atoms with E-state index in [9.17, 15) is 4.79 Å². The van der Waals surface area contributed by atoms with Crippen molar-refractivity contribution < 1.29 is 14.1 Å². The van der Waals surface area contributed by atoms with Crippen LogP contribution in [0.25, 0.3) is 11.3 Å². The van der Waals surface area contributed by atoms with Crippen LogP contribution in [-0.4, -0.2) is 42.4 Å². The largest absolute Gasteiger partial charge is 0.383 e. The van der Waals surface area contributed by atoms with Crippen molar-refractivity contribution in [1.29, 1.82) is 0 Å². The summed E-state index contributed by atoms with van der Waals surface area (Å²) in [6.07, 6.45) is 1.97. The van der Waals surface area contributed by atoms with Crippen molar-refractivity contribution in [1.82, 2.24) is 15.4 Å². The molecule has 1 fully saturated rings. The number of aromatic nitrogens is 1. The second-order valence-electron chi connectivity index (χ2n) is 5.76. The fraction of sp³-hybridized carbons (Fsp3) is 0.412. The molecule has 2 heterocycles. The highest BCUT2D eigenvalue weighted by Crippen LogP contribution is 2.27. The number of hydrogen-bond donors (Lipinski definition) is 1. The van der Waals surface area contributed by atoms with Gasteiger partial charge in [0.1, 0.15) is 5.69 Å². The molecule has 1 N–H and O–H groups in total. The molecule has 2 aromatic rings. The number of nitrogens with zero attached hydrogens (tertiary/aromatic N) is 2. The zero-order valence-electron chi connectivity index (χ0n) is 13.5. The Bertz CT molecular complexity index is 704. The van der Waals surface area contributed by atoms with Gasteiger partial charge in [0.2, 0.25) is 0 Å². The summed E-state index contributed by atoms with van der Waals surface area (Å²) in [6, 6.07) is 9.25. The number of amides is 2. The Hall–Kier alpha value is -2.05. The Balaban J connectivity index is 1.59. The van der Waals surface area contributed by atoms with Crippen LogP contribution < -0.4 is 5.32 Å². The second-order valence-corrected chi connectivity index (χ2v) is 6.17. The van der Waals surface area contributed by atoms with Gasteiger partial charge >= 0.3 is 6.03 Å². The number of hydrogen-bond acceptors (Lipinski definition) is 4. The molecule has 0 unspecified atom stereocenters. The lowest BCUT2D eigenvalue weighted by atomic mass is 10.1. The molecule has 128 valence electrons. The quantitative estimate of drug-likeness (QED) is 0.899. The van der Waals surface area contributed by atoms with Gasteiger partial charge in [0, 0.05) is 25.3 Å². The maximum Gasteiger partial charge on any atom is 0.318 e. The van der Waals surface area contributed by atoms with E-state index in [1.54, 1.807) is 19.2 Å². The van der Waals surface area contributed by atoms with Crippen molar-refractivity contribution in [2.45, 2.75) is 25.4 Å². The number of nitrogens with one attached hydrogen (secondary N) is 1. The van der Waals surface area contributed by atoms with Crippen molar-refractivity contribution >= 4 is 17.6 Å². The third-order valence-electron chi connectivity index (χ3n) is 4.12. The van der Waals surface area contributed by atoms with E-state index < -0.39 is 0 Å². The highest BCUT2D eigenvalue weighted by molar-refractivity contribution is 6.33. The van der Waals surface area contributed by atoms with Crippen LogP contribution in [0.3, 0.4) is 0 Å². The lowest BCUT2D eigenvalue weighted by molar-refractivity contribution is 0.123. The van der Waals surface area contributed by atoms with Gasteiger partial charge in [-0.05, 0) is 18.9 Å². The van der Waals surface area contributed by atoms with Crippen molar-refractivity contribution in [3.8, 4) is 11.3 Å². The number of urea groups is 1. The maximum atomic E-state index is 12.3. The molecule has 3 rings (SSSR count). The summed E-state index contributed by atoms with van der Waals surface area (Å²) in [6.45, 7) is 1.60. The molecule has 0 radical (unpaired) electrons. The first-order chi connectivity index (χ1) is 11.7. The predicted molar refractivity (Wildman–Crippen MR) is 90.8 cm³/mol. The molecule has 1 saturated heterocycles. The summed E-state index contributed by atoms with van der Waals surface area (Å²) >= 11 is 6.16. The Labute approximate surface area is 145 Å². The van der Waals surface area contributed by atoms with Gasteiger partial charge in [-0.2, -0.15) is 0 Å². The number of methoxy groups -OCH3 is 1. The van der Waals surface area contributed by atoms with Gasteiger partial charge in [0.15, 0.2) is 5.76 Å². The molecule has 1 aromatic carbocycles. The van der Waals surface area contributed by atoms with Crippen LogP contribution in [0.2, 0.25) is 5.02 Å². The number of carbonyl (C=O) groups excluding carboxylic acids is 1. The molecule has 24 heavy (non-hydrogen) atoms. The molecule has 2 amide bonds. The standard InChI is InChI=1S/C17H20ClN3O3/c1-23-11-12-5-4-8-21(12)17(22)19-10-13-9-16(20-24-13)14-6-2-3-7-15(14)18/h2-3,6-7,9,12H,4-5,8,10-11H2,1H3,(H,19,22)/t12-/m0/s1. The number of carbonyl (C=O) groups is 1. The van der Waals surface area contributed by atoms with E-state index in [1.807, 2.05) is 23.1 Å². The van der Waals surface area contributed by atoms with E-state index in [4.69, 9.17) is 20.9 Å². The zero-order valence-corrected chi connectivity index (χ0v) is 14.3. The topological polar surface area (TPSA) is 67.6 Å². The van der Waals surface area contributed by atoms with Gasteiger partial charge in [-0.1, -0.05) is 35.0 Å². The highest BCUT2D eigenvalue weighted by Gasteiger charge is 2.28. The number of halogens is 1. The zero-order chi connectivity index (χ0) is 16.9. The Morgan fingerprint density at radius 3 is 3.12 bits per heavy atom. The molecule has 7 heteroatoms. The summed E-state index contributed by atoms with van der Waals surface area (Å²) < 4.78 is 10.5. The van der Waals surface area contributed by atoms with Crippen molar-refractivity contribution in [2.24, 2.45) is 0 Å². The van der Waals surface area contributed by atoms with E-state index in [0.29, 0.717) is 23.1 Å². The van der Waals surface area contributed by atoms with E-state index >= 15 is 0 Å². The minimum absolute atomic E-state index is 0.106. The molecular weight excluding hydrogens is 330 g/mol. The van der Waals surface area contributed by atoms with Gasteiger partial charge in [-0.25, -0.2) is 4.79 Å². The third-order valence-corrected chi connectivity index (χ3v) is 4.45. The van der Waals surface area contributed by atoms with Crippen LogP contribution in [0.15, 0.2) is 34.9 Å². The molecular formula is C17H20ClN3O3. The number of benzene rings is 1. The van der Waals surface area contributed by atoms with Crippen LogP contribution >= 0.6 is 11.6 Å². The molecule has 1 aliphatic rings. The minimum Gasteiger partial charge on any atom is -0.383 e. The summed E-state index contributed by atoms with van der Waals surface area (Å²) in [7, 11) is 1.65. The molecule has 1 aromatic heterocycles. The molecule has 0 bridgehead atoms. The van der Waals surface area contributed by atoms with Crippen molar-refractivity contribution in [2.75, 3.05) is 20.3 Å². The Morgan fingerprint density at radius 2 is 2.33 bits per heavy atom. The lowest BCUT2D eigenvalue weighted by Gasteiger charge is -2.24. The van der Waals surface area contributed by atoms with E-state index in [2.05, 4.69) is 10.5 Å². The van der Waals surface area contributed by atoms with Crippen LogP contribution in [0, 0.1) is 0 Å². The van der Waals surface area contributed by atoms with Crippen LogP contribution in [0.4, 0.5) is 4.79 Å². The normalized spacial score (nSPS) is 17.2. The van der Waals surface area contributed by atoms with E-state index in [0.717, 1.165) is 24.9 Å². The smallest absolute Gasteiger partial charge is 0.318 e. The summed E-state index contributed by atoms with van der Waals surface area (Å²) in [5, 5.41) is 7.51. The minimum atomic E-state index is -0.106. The fourth-order valence-corrected chi connectivity index (χ4v) is 3.16. The van der Waals surface area contributed by atoms with Crippen molar-refractivity contribution in [3.05, 3.63) is 41.1 Å². The first-order valence-corrected chi connectivity index (χ1v) is 8.30. The monoisotopic (exact) mass is 349 g/mol. The van der Waals surface area contributed by atoms with Crippen LogP contribution in [0.5, 0.6) is 0 Å².